The fraction of sp³-hybridized carbons (Fsp3) is 0.667. The molecule has 1 aromatic rings. The molecule has 5 nitrogen and oxygen atoms in total. The molecule has 2 aliphatic rings. The van der Waals surface area contributed by atoms with Gasteiger partial charge >= 0.3 is 0 Å². The molecule has 0 bridgehead atoms. The van der Waals surface area contributed by atoms with Crippen LogP contribution in [0.1, 0.15) is 30.9 Å². The van der Waals surface area contributed by atoms with Gasteiger partial charge in [-0.2, -0.15) is 0 Å². The first-order valence-corrected chi connectivity index (χ1v) is 8.48. The van der Waals surface area contributed by atoms with E-state index < -0.39 is 0 Å². The predicted octanol–water partition coefficient (Wildman–Crippen LogP) is 1.75. The number of rotatable bonds is 4. The number of hydrogen-bond acceptors (Lipinski definition) is 4. The number of likely N-dealkylation sites (tertiary alicyclic amines) is 1. The quantitative estimate of drug-likeness (QED) is 0.919. The van der Waals surface area contributed by atoms with Crippen LogP contribution < -0.4 is 5.32 Å². The minimum atomic E-state index is 0.0396. The van der Waals surface area contributed by atoms with Gasteiger partial charge in [0.15, 0.2) is 0 Å². The molecule has 1 aromatic heterocycles. The summed E-state index contributed by atoms with van der Waals surface area (Å²) < 4.78 is 5.64. The zero-order valence-corrected chi connectivity index (χ0v) is 14.3. The topological polar surface area (TPSA) is 54.5 Å². The van der Waals surface area contributed by atoms with Crippen LogP contribution in [0.5, 0.6) is 0 Å². The van der Waals surface area contributed by atoms with Crippen molar-refractivity contribution >= 4 is 5.91 Å². The van der Waals surface area contributed by atoms with Crippen molar-refractivity contribution in [2.24, 2.45) is 11.8 Å². The Labute approximate surface area is 138 Å². The number of nitrogens with zero attached hydrogens (tertiary/aromatic N) is 2. The first-order valence-electron chi connectivity index (χ1n) is 8.48. The molecule has 0 unspecified atom stereocenters. The average Bonchev–Trinajstić information content (AvgIpc) is 2.89. The Kier molecular flexibility index (Phi) is 4.97. The fourth-order valence-corrected chi connectivity index (χ4v) is 4.23. The third-order valence-corrected chi connectivity index (χ3v) is 5.41. The maximum Gasteiger partial charge on any atom is 0.217 e. The number of aromatic nitrogens is 1. The predicted molar refractivity (Wildman–Crippen MR) is 88.9 cm³/mol. The van der Waals surface area contributed by atoms with Crippen LogP contribution in [0.4, 0.5) is 0 Å². The maximum atomic E-state index is 11.4. The number of nitrogens with one attached hydrogen (secondary N) is 1. The third-order valence-electron chi connectivity index (χ3n) is 5.41. The van der Waals surface area contributed by atoms with Crippen LogP contribution in [0.25, 0.3) is 0 Å². The molecule has 1 aliphatic heterocycles. The Morgan fingerprint density at radius 1 is 1.39 bits per heavy atom. The summed E-state index contributed by atoms with van der Waals surface area (Å²) in [6, 6.07) is 2.27. The fourth-order valence-electron chi connectivity index (χ4n) is 4.23. The highest BCUT2D eigenvalue weighted by atomic mass is 16.5. The Bertz CT molecular complexity index is 563. The van der Waals surface area contributed by atoms with E-state index in [1.807, 2.05) is 12.4 Å². The SMILES string of the molecule is CO[C@@H]1C[C@H]2CN(Cc3ccncc3C)C[C@H]2C[C@H]1NC(C)=O. The lowest BCUT2D eigenvalue weighted by Gasteiger charge is -2.37. The van der Waals surface area contributed by atoms with Crippen LogP contribution in [0.3, 0.4) is 0 Å². The third kappa shape index (κ3) is 3.72. The summed E-state index contributed by atoms with van der Waals surface area (Å²) in [6.45, 7) is 6.94. The summed E-state index contributed by atoms with van der Waals surface area (Å²) in [5.41, 5.74) is 2.62. The van der Waals surface area contributed by atoms with E-state index >= 15 is 0 Å². The van der Waals surface area contributed by atoms with Crippen molar-refractivity contribution in [3.8, 4) is 0 Å². The van der Waals surface area contributed by atoms with Crippen molar-refractivity contribution in [1.82, 2.24) is 15.2 Å². The first-order chi connectivity index (χ1) is 11.1. The number of carbonyl (C=O) groups excluding carboxylic acids is 1. The normalized spacial score (nSPS) is 30.9. The van der Waals surface area contributed by atoms with Gasteiger partial charge in [-0.25, -0.2) is 0 Å². The Balaban J connectivity index is 1.64. The van der Waals surface area contributed by atoms with Crippen LogP contribution in [0.15, 0.2) is 18.5 Å². The van der Waals surface area contributed by atoms with Crippen molar-refractivity contribution in [3.63, 3.8) is 0 Å². The van der Waals surface area contributed by atoms with Crippen molar-refractivity contribution in [1.29, 1.82) is 0 Å². The Hall–Kier alpha value is -1.46. The van der Waals surface area contributed by atoms with Gasteiger partial charge in [0.25, 0.3) is 0 Å². The second-order valence-corrected chi connectivity index (χ2v) is 7.07. The number of carbonyl (C=O) groups is 1. The van der Waals surface area contributed by atoms with E-state index in [9.17, 15) is 4.79 Å². The van der Waals surface area contributed by atoms with Gasteiger partial charge in [0, 0.05) is 46.1 Å². The lowest BCUT2D eigenvalue weighted by Crippen LogP contribution is -2.49. The number of ether oxygens (including phenoxy) is 1. The molecule has 1 saturated carbocycles. The second kappa shape index (κ2) is 6.97. The molecule has 2 heterocycles. The van der Waals surface area contributed by atoms with Crippen molar-refractivity contribution in [2.75, 3.05) is 20.2 Å². The number of fused-ring (bicyclic) bond motifs is 1. The van der Waals surface area contributed by atoms with Crippen LogP contribution in [-0.4, -0.2) is 48.1 Å². The van der Waals surface area contributed by atoms with Gasteiger partial charge in [-0.1, -0.05) is 0 Å². The van der Waals surface area contributed by atoms with Crippen LogP contribution in [-0.2, 0) is 16.1 Å². The molecule has 1 aliphatic carbocycles. The molecule has 5 heteroatoms. The molecule has 2 fully saturated rings. The van der Waals surface area contributed by atoms with Gasteiger partial charge in [0.2, 0.25) is 5.91 Å². The van der Waals surface area contributed by atoms with Gasteiger partial charge in [0.1, 0.15) is 0 Å². The van der Waals surface area contributed by atoms with Crippen molar-refractivity contribution < 1.29 is 9.53 Å². The molecule has 4 atom stereocenters. The molecule has 1 saturated heterocycles. The van der Waals surface area contributed by atoms with E-state index in [-0.39, 0.29) is 18.1 Å². The van der Waals surface area contributed by atoms with E-state index in [0.29, 0.717) is 11.8 Å². The number of amides is 1. The molecule has 0 aromatic carbocycles. The van der Waals surface area contributed by atoms with Gasteiger partial charge in [-0.15, -0.1) is 0 Å². The highest BCUT2D eigenvalue weighted by Gasteiger charge is 2.42. The zero-order chi connectivity index (χ0) is 16.4. The lowest BCUT2D eigenvalue weighted by atomic mass is 9.77. The minimum Gasteiger partial charge on any atom is -0.379 e. The van der Waals surface area contributed by atoms with E-state index in [1.165, 1.54) is 11.1 Å². The summed E-state index contributed by atoms with van der Waals surface area (Å²) in [5.74, 6) is 1.37. The summed E-state index contributed by atoms with van der Waals surface area (Å²) in [5, 5.41) is 3.08. The first kappa shape index (κ1) is 16.4. The molecule has 1 amide bonds. The number of hydrogen-bond donors (Lipinski definition) is 1. The molecule has 0 radical (unpaired) electrons. The average molecular weight is 317 g/mol. The summed E-state index contributed by atoms with van der Waals surface area (Å²) in [6.07, 6.45) is 6.01. The molecule has 23 heavy (non-hydrogen) atoms. The molecule has 3 rings (SSSR count). The highest BCUT2D eigenvalue weighted by molar-refractivity contribution is 5.73. The molecule has 1 N–H and O–H groups in total. The van der Waals surface area contributed by atoms with E-state index in [2.05, 4.69) is 28.2 Å². The minimum absolute atomic E-state index is 0.0396. The smallest absolute Gasteiger partial charge is 0.217 e. The molecule has 0 spiro atoms. The van der Waals surface area contributed by atoms with Crippen LogP contribution >= 0.6 is 0 Å². The summed E-state index contributed by atoms with van der Waals surface area (Å²) in [4.78, 5) is 18.1. The highest BCUT2D eigenvalue weighted by Crippen LogP contribution is 2.38. The van der Waals surface area contributed by atoms with Crippen LogP contribution in [0, 0.1) is 18.8 Å². The maximum absolute atomic E-state index is 11.4. The summed E-state index contributed by atoms with van der Waals surface area (Å²) in [7, 11) is 1.76. The lowest BCUT2D eigenvalue weighted by molar-refractivity contribution is -0.121. The van der Waals surface area contributed by atoms with Gasteiger partial charge in [-0.05, 0) is 48.8 Å². The van der Waals surface area contributed by atoms with Crippen molar-refractivity contribution in [2.45, 2.75) is 45.4 Å². The van der Waals surface area contributed by atoms with Gasteiger partial charge < -0.3 is 10.1 Å². The molecular weight excluding hydrogens is 290 g/mol. The second-order valence-electron chi connectivity index (χ2n) is 7.07. The Morgan fingerprint density at radius 3 is 2.78 bits per heavy atom. The van der Waals surface area contributed by atoms with Crippen LogP contribution in [0.2, 0.25) is 0 Å². The Morgan fingerprint density at radius 2 is 2.13 bits per heavy atom. The zero-order valence-electron chi connectivity index (χ0n) is 14.3. The van der Waals surface area contributed by atoms with E-state index in [1.54, 1.807) is 14.0 Å². The largest absolute Gasteiger partial charge is 0.379 e. The van der Waals surface area contributed by atoms with Gasteiger partial charge in [0.05, 0.1) is 12.1 Å². The van der Waals surface area contributed by atoms with Crippen molar-refractivity contribution in [3.05, 3.63) is 29.6 Å². The summed E-state index contributed by atoms with van der Waals surface area (Å²) >= 11 is 0. The van der Waals surface area contributed by atoms with E-state index in [4.69, 9.17) is 4.74 Å². The van der Waals surface area contributed by atoms with E-state index in [0.717, 1.165) is 32.5 Å². The number of pyridine rings is 1. The molecule has 126 valence electrons. The number of methoxy groups -OCH3 is 1. The standard InChI is InChI=1S/C18H27N3O2/c1-12-8-19-5-4-14(12)9-21-10-15-6-17(20-13(2)22)18(23-3)7-16(15)11-21/h4-5,8,15-18H,6-7,9-11H2,1-3H3,(H,20,22)/t15-,16+,17-,18-/m1/s1. The van der Waals surface area contributed by atoms with Gasteiger partial charge in [-0.3, -0.25) is 14.7 Å². The monoisotopic (exact) mass is 317 g/mol. The number of aryl methyl sites for hydroxylation is 1. The molecular formula is C18H27N3O2.